The van der Waals surface area contributed by atoms with Crippen molar-refractivity contribution in [2.45, 2.75) is 51.5 Å². The highest BCUT2D eigenvalue weighted by Crippen LogP contribution is 2.40. The molecule has 0 aliphatic carbocycles. The molecule has 7 nitrogen and oxygen atoms in total. The van der Waals surface area contributed by atoms with Gasteiger partial charge in [-0.2, -0.15) is 0 Å². The van der Waals surface area contributed by atoms with Gasteiger partial charge in [0.2, 0.25) is 11.8 Å². The van der Waals surface area contributed by atoms with Gasteiger partial charge in [-0.1, -0.05) is 12.1 Å². The number of hydrogen-bond donors (Lipinski definition) is 1. The number of nitrogens with zero attached hydrogens (tertiary/aromatic N) is 3. The average molecular weight is 461 g/mol. The highest BCUT2D eigenvalue weighted by molar-refractivity contribution is 6.11. The van der Waals surface area contributed by atoms with E-state index in [4.69, 9.17) is 0 Å². The number of likely N-dealkylation sites (tertiary alicyclic amines) is 1. The normalized spacial score (nSPS) is 20.0. The number of anilines is 3. The van der Waals surface area contributed by atoms with Crippen LogP contribution in [0.5, 0.6) is 0 Å². The number of hydrogen-bond acceptors (Lipinski definition) is 4. The number of amides is 3. The molecule has 2 fully saturated rings. The molecule has 2 saturated heterocycles. The van der Waals surface area contributed by atoms with E-state index < -0.39 is 0 Å². The minimum Gasteiger partial charge on any atom is -0.358 e. The Balaban J connectivity index is 1.45. The zero-order valence-corrected chi connectivity index (χ0v) is 19.8. The van der Waals surface area contributed by atoms with Gasteiger partial charge in [0.25, 0.3) is 5.91 Å². The number of carbonyl (C=O) groups excluding carboxylic acids is 3. The lowest BCUT2D eigenvalue weighted by molar-refractivity contribution is -0.123. The molecule has 0 saturated carbocycles. The number of aryl methyl sites for hydroxylation is 1. The fourth-order valence-corrected chi connectivity index (χ4v) is 5.40. The summed E-state index contributed by atoms with van der Waals surface area (Å²) >= 11 is 0. The second-order valence-electron chi connectivity index (χ2n) is 9.60. The Kier molecular flexibility index (Phi) is 6.26. The van der Waals surface area contributed by atoms with Gasteiger partial charge in [0.05, 0.1) is 11.4 Å². The molecule has 3 amide bonds. The Bertz CT molecular complexity index is 1110. The second kappa shape index (κ2) is 9.49. The fourth-order valence-electron chi connectivity index (χ4n) is 5.40. The highest BCUT2D eigenvalue weighted by Gasteiger charge is 2.40. The van der Waals surface area contributed by atoms with Gasteiger partial charge in [0, 0.05) is 30.9 Å². The molecular formula is C27H32N4O3. The quantitative estimate of drug-likeness (QED) is 0.750. The largest absolute Gasteiger partial charge is 0.358 e. The molecule has 3 heterocycles. The van der Waals surface area contributed by atoms with Gasteiger partial charge in [-0.15, -0.1) is 0 Å². The summed E-state index contributed by atoms with van der Waals surface area (Å²) in [6.45, 7) is 4.24. The molecule has 5 rings (SSSR count). The molecular weight excluding hydrogens is 428 g/mol. The minimum atomic E-state index is -0.253. The van der Waals surface area contributed by atoms with Crippen molar-refractivity contribution < 1.29 is 14.4 Å². The average Bonchev–Trinajstić information content (AvgIpc) is 2.86. The first kappa shape index (κ1) is 22.4. The third-order valence-electron chi connectivity index (χ3n) is 7.12. The van der Waals surface area contributed by atoms with Crippen molar-refractivity contribution in [3.63, 3.8) is 0 Å². The molecule has 0 spiro atoms. The lowest BCUT2D eigenvalue weighted by Gasteiger charge is -2.45. The fraction of sp³-hybridized carbons (Fsp3) is 0.444. The SMILES string of the molecule is Cc1cccc(NC(=O)CN2C(=O)[C@H]3CCCCN3c3ccc(C(=O)N4CCCCC4)cc32)c1. The van der Waals surface area contributed by atoms with E-state index in [0.717, 1.165) is 69.4 Å². The number of nitrogens with one attached hydrogen (secondary N) is 1. The predicted octanol–water partition coefficient (Wildman–Crippen LogP) is 3.97. The van der Waals surface area contributed by atoms with Crippen LogP contribution in [0.15, 0.2) is 42.5 Å². The van der Waals surface area contributed by atoms with Gasteiger partial charge in [0.15, 0.2) is 0 Å². The predicted molar refractivity (Wildman–Crippen MR) is 133 cm³/mol. The van der Waals surface area contributed by atoms with Crippen molar-refractivity contribution in [1.82, 2.24) is 4.90 Å². The van der Waals surface area contributed by atoms with Crippen LogP contribution in [0.4, 0.5) is 17.1 Å². The van der Waals surface area contributed by atoms with Crippen LogP contribution in [0.25, 0.3) is 0 Å². The number of piperidine rings is 2. The van der Waals surface area contributed by atoms with Crippen LogP contribution >= 0.6 is 0 Å². The molecule has 0 bridgehead atoms. The molecule has 3 aliphatic heterocycles. The Morgan fingerprint density at radius 2 is 1.74 bits per heavy atom. The third-order valence-corrected chi connectivity index (χ3v) is 7.12. The first-order chi connectivity index (χ1) is 16.5. The number of rotatable bonds is 4. The number of fused-ring (bicyclic) bond motifs is 3. The Labute approximate surface area is 200 Å². The molecule has 2 aromatic carbocycles. The first-order valence-corrected chi connectivity index (χ1v) is 12.4. The van der Waals surface area contributed by atoms with Crippen LogP contribution in [0.1, 0.15) is 54.4 Å². The molecule has 178 valence electrons. The van der Waals surface area contributed by atoms with E-state index >= 15 is 0 Å². The van der Waals surface area contributed by atoms with E-state index in [2.05, 4.69) is 10.2 Å². The molecule has 0 radical (unpaired) electrons. The number of benzene rings is 2. The summed E-state index contributed by atoms with van der Waals surface area (Å²) in [5, 5.41) is 2.92. The lowest BCUT2D eigenvalue weighted by Crippen LogP contribution is -2.56. The monoisotopic (exact) mass is 460 g/mol. The van der Waals surface area contributed by atoms with E-state index in [1.54, 1.807) is 4.90 Å². The summed E-state index contributed by atoms with van der Waals surface area (Å²) in [5.74, 6) is -0.309. The van der Waals surface area contributed by atoms with Crippen LogP contribution in [0.2, 0.25) is 0 Å². The van der Waals surface area contributed by atoms with Crippen LogP contribution in [0.3, 0.4) is 0 Å². The minimum absolute atomic E-state index is 0.000112. The van der Waals surface area contributed by atoms with E-state index in [-0.39, 0.29) is 30.3 Å². The zero-order valence-electron chi connectivity index (χ0n) is 19.8. The van der Waals surface area contributed by atoms with Gasteiger partial charge < -0.3 is 15.1 Å². The van der Waals surface area contributed by atoms with Gasteiger partial charge in [0.1, 0.15) is 12.6 Å². The van der Waals surface area contributed by atoms with Crippen molar-refractivity contribution in [3.05, 3.63) is 53.6 Å². The van der Waals surface area contributed by atoms with Gasteiger partial charge in [-0.05, 0) is 81.3 Å². The molecule has 0 unspecified atom stereocenters. The smallest absolute Gasteiger partial charge is 0.253 e. The molecule has 34 heavy (non-hydrogen) atoms. The standard InChI is InChI=1S/C27H32N4O3/c1-19-8-7-9-21(16-19)28-25(32)18-31-24-17-20(26(33)29-13-4-2-5-14-29)11-12-22(24)30-15-6-3-10-23(30)27(31)34/h7-9,11-12,16-17,23H,2-6,10,13-15,18H2,1H3,(H,28,32)/t23-/m1/s1. The van der Waals surface area contributed by atoms with E-state index in [9.17, 15) is 14.4 Å². The maximum Gasteiger partial charge on any atom is 0.253 e. The second-order valence-corrected chi connectivity index (χ2v) is 9.60. The number of carbonyl (C=O) groups is 3. The highest BCUT2D eigenvalue weighted by atomic mass is 16.2. The van der Waals surface area contributed by atoms with E-state index in [0.29, 0.717) is 16.9 Å². The van der Waals surface area contributed by atoms with Crippen molar-refractivity contribution in [3.8, 4) is 0 Å². The van der Waals surface area contributed by atoms with Crippen LogP contribution in [-0.4, -0.2) is 54.8 Å². The van der Waals surface area contributed by atoms with E-state index in [1.807, 2.05) is 54.3 Å². The molecule has 0 aromatic heterocycles. The summed E-state index contributed by atoms with van der Waals surface area (Å²) in [6.07, 6.45) is 6.01. The molecule has 1 atom stereocenters. The summed E-state index contributed by atoms with van der Waals surface area (Å²) in [6, 6.07) is 13.0. The molecule has 1 N–H and O–H groups in total. The summed E-state index contributed by atoms with van der Waals surface area (Å²) in [7, 11) is 0. The Hall–Kier alpha value is -3.35. The summed E-state index contributed by atoms with van der Waals surface area (Å²) < 4.78 is 0. The Morgan fingerprint density at radius 3 is 2.53 bits per heavy atom. The van der Waals surface area contributed by atoms with Crippen LogP contribution in [-0.2, 0) is 9.59 Å². The van der Waals surface area contributed by atoms with Crippen molar-refractivity contribution in [2.24, 2.45) is 0 Å². The topological polar surface area (TPSA) is 73.0 Å². The lowest BCUT2D eigenvalue weighted by atomic mass is 9.95. The van der Waals surface area contributed by atoms with Crippen molar-refractivity contribution in [1.29, 1.82) is 0 Å². The molecule has 3 aliphatic rings. The van der Waals surface area contributed by atoms with Crippen LogP contribution < -0.4 is 15.1 Å². The molecule has 7 heteroatoms. The molecule has 2 aromatic rings. The van der Waals surface area contributed by atoms with Gasteiger partial charge >= 0.3 is 0 Å². The zero-order chi connectivity index (χ0) is 23.7. The maximum atomic E-state index is 13.6. The van der Waals surface area contributed by atoms with Crippen LogP contribution in [0, 0.1) is 6.92 Å². The maximum absolute atomic E-state index is 13.6. The third kappa shape index (κ3) is 4.39. The van der Waals surface area contributed by atoms with Crippen molar-refractivity contribution >= 4 is 34.8 Å². The van der Waals surface area contributed by atoms with Crippen molar-refractivity contribution in [2.75, 3.05) is 41.3 Å². The Morgan fingerprint density at radius 1 is 0.941 bits per heavy atom. The summed E-state index contributed by atoms with van der Waals surface area (Å²) in [5.41, 5.74) is 3.93. The van der Waals surface area contributed by atoms with E-state index in [1.165, 1.54) is 0 Å². The van der Waals surface area contributed by atoms with Gasteiger partial charge in [-0.25, -0.2) is 0 Å². The van der Waals surface area contributed by atoms with Gasteiger partial charge in [-0.3, -0.25) is 19.3 Å². The first-order valence-electron chi connectivity index (χ1n) is 12.4. The summed E-state index contributed by atoms with van der Waals surface area (Å²) in [4.78, 5) is 45.4.